The van der Waals surface area contributed by atoms with Crippen molar-refractivity contribution in [2.75, 3.05) is 29.8 Å². The van der Waals surface area contributed by atoms with E-state index in [-0.39, 0.29) is 35.8 Å². The predicted molar refractivity (Wildman–Crippen MR) is 153 cm³/mol. The van der Waals surface area contributed by atoms with Crippen molar-refractivity contribution < 1.29 is 35.5 Å². The number of aromatic nitrogens is 3. The van der Waals surface area contributed by atoms with Gasteiger partial charge in [0.15, 0.2) is 10.7 Å². The summed E-state index contributed by atoms with van der Waals surface area (Å²) in [5.74, 6) is -5.74. The summed E-state index contributed by atoms with van der Waals surface area (Å²) in [6, 6.07) is 6.75. The van der Waals surface area contributed by atoms with Gasteiger partial charge in [0.25, 0.3) is 15.9 Å². The van der Waals surface area contributed by atoms with Gasteiger partial charge in [0.1, 0.15) is 35.3 Å². The van der Waals surface area contributed by atoms with E-state index in [2.05, 4.69) is 26.3 Å². The number of rotatable bonds is 7. The Morgan fingerprint density at radius 2 is 1.68 bits per heavy atom. The van der Waals surface area contributed by atoms with Gasteiger partial charge < -0.3 is 14.5 Å². The van der Waals surface area contributed by atoms with Gasteiger partial charge in [-0.2, -0.15) is 0 Å². The molecule has 44 heavy (non-hydrogen) atoms. The van der Waals surface area contributed by atoms with E-state index in [9.17, 15) is 30.8 Å². The van der Waals surface area contributed by atoms with E-state index in [0.717, 1.165) is 12.8 Å². The lowest BCUT2D eigenvalue weighted by Crippen LogP contribution is -2.56. The molecule has 6 rings (SSSR count). The van der Waals surface area contributed by atoms with Gasteiger partial charge in [0, 0.05) is 42.4 Å². The average molecular weight is 629 g/mol. The molecule has 0 aliphatic carbocycles. The Kier molecular flexibility index (Phi) is 7.35. The number of amides is 1. The van der Waals surface area contributed by atoms with Gasteiger partial charge in [-0.15, -0.1) is 0 Å². The van der Waals surface area contributed by atoms with Crippen LogP contribution in [-0.2, 0) is 14.8 Å². The van der Waals surface area contributed by atoms with Crippen molar-refractivity contribution in [3.8, 4) is 17.0 Å². The van der Waals surface area contributed by atoms with Gasteiger partial charge in [-0.25, -0.2) is 40.9 Å². The number of benzene rings is 2. The lowest BCUT2D eigenvalue weighted by atomic mass is 10.0. The number of sulfonamides is 1. The minimum Gasteiger partial charge on any atom is -0.480 e. The molecule has 15 heteroatoms. The fourth-order valence-corrected chi connectivity index (χ4v) is 7.02. The topological polar surface area (TPSA) is 118 Å². The van der Waals surface area contributed by atoms with Crippen LogP contribution in [-0.4, -0.2) is 66.5 Å². The van der Waals surface area contributed by atoms with Gasteiger partial charge in [-0.3, -0.25) is 9.52 Å². The number of nitrogens with zero attached hydrogens (tertiary/aromatic N) is 5. The van der Waals surface area contributed by atoms with E-state index >= 15 is 0 Å². The van der Waals surface area contributed by atoms with E-state index in [1.165, 1.54) is 25.7 Å². The van der Waals surface area contributed by atoms with Crippen molar-refractivity contribution in [1.29, 1.82) is 0 Å². The summed E-state index contributed by atoms with van der Waals surface area (Å²) in [5.41, 5.74) is 1.39. The summed E-state index contributed by atoms with van der Waals surface area (Å²) in [7, 11) is -3.63. The molecule has 2 aromatic carbocycles. The van der Waals surface area contributed by atoms with E-state index in [0.29, 0.717) is 40.9 Å². The second kappa shape index (κ2) is 11.0. The van der Waals surface area contributed by atoms with Gasteiger partial charge in [-0.1, -0.05) is 12.6 Å². The van der Waals surface area contributed by atoms with Gasteiger partial charge in [0.05, 0.1) is 24.7 Å². The molecule has 4 aromatic rings. The average Bonchev–Trinajstić information content (AvgIpc) is 3.23. The number of piperazine rings is 1. The van der Waals surface area contributed by atoms with E-state index in [4.69, 9.17) is 4.74 Å². The number of carbonyl (C=O) groups excluding carboxylic acids is 1. The molecule has 228 valence electrons. The first-order valence-electron chi connectivity index (χ1n) is 13.4. The van der Waals surface area contributed by atoms with Crippen molar-refractivity contribution in [3.05, 3.63) is 78.8 Å². The molecule has 2 atom stereocenters. The molecule has 4 heterocycles. The van der Waals surface area contributed by atoms with Crippen molar-refractivity contribution in [2.24, 2.45) is 0 Å². The molecule has 0 radical (unpaired) electrons. The summed E-state index contributed by atoms with van der Waals surface area (Å²) in [6.45, 7) is 4.01. The molecule has 10 nitrogen and oxygen atoms in total. The number of methoxy groups -OCH3 is 1. The molecule has 0 spiro atoms. The molecular weight excluding hydrogens is 604 g/mol. The summed E-state index contributed by atoms with van der Waals surface area (Å²) in [4.78, 5) is 27.6. The highest BCUT2D eigenvalue weighted by atomic mass is 32.2. The second-order valence-corrected chi connectivity index (χ2v) is 12.0. The Balaban J connectivity index is 1.35. The Bertz CT molecular complexity index is 1910. The van der Waals surface area contributed by atoms with Crippen molar-refractivity contribution in [1.82, 2.24) is 19.9 Å². The standard InChI is InChI=1S/C29H24F4N6O4S/c1-15(30)29(40)39-19-4-5-20(39)13-38(12-19)27-21-7-16(3-6-24(21)35-14-36-27)17-8-25(28(43-2)34-11-17)37-44(41,42)26-22(32)9-18(31)10-23(26)33/h3,6-11,14,19-20,37H,1,4-5,12-13H2,2H3. The molecule has 2 aliphatic rings. The van der Waals surface area contributed by atoms with E-state index in [1.807, 2.05) is 4.90 Å². The highest BCUT2D eigenvalue weighted by molar-refractivity contribution is 7.92. The SMILES string of the molecule is C=C(F)C(=O)N1C2CCC1CN(c1ncnc3ccc(-c4cnc(OC)c(NS(=O)(=O)c5c(F)cc(F)cc5F)c4)cc13)C2. The fraction of sp³-hybridized carbons (Fsp3) is 0.241. The summed E-state index contributed by atoms with van der Waals surface area (Å²) in [6.07, 6.45) is 4.29. The van der Waals surface area contributed by atoms with Gasteiger partial charge in [-0.05, 0) is 36.6 Å². The van der Waals surface area contributed by atoms with Crippen LogP contribution in [0.3, 0.4) is 0 Å². The summed E-state index contributed by atoms with van der Waals surface area (Å²) >= 11 is 0. The first kappa shape index (κ1) is 29.3. The van der Waals surface area contributed by atoms with Crippen molar-refractivity contribution in [3.63, 3.8) is 0 Å². The first-order valence-corrected chi connectivity index (χ1v) is 14.8. The molecule has 2 fully saturated rings. The van der Waals surface area contributed by atoms with Crippen molar-refractivity contribution in [2.45, 2.75) is 29.8 Å². The zero-order valence-corrected chi connectivity index (χ0v) is 23.9. The maximum Gasteiger partial charge on any atom is 0.282 e. The number of nitrogens with one attached hydrogen (secondary N) is 1. The lowest BCUT2D eigenvalue weighted by molar-refractivity contribution is -0.131. The maximum absolute atomic E-state index is 14.3. The zero-order valence-electron chi connectivity index (χ0n) is 23.1. The summed E-state index contributed by atoms with van der Waals surface area (Å²) in [5, 5.41) is 0.660. The number of ether oxygens (including phenoxy) is 1. The van der Waals surface area contributed by atoms with Crippen LogP contribution in [0.15, 0.2) is 66.2 Å². The Hall–Kier alpha value is -4.79. The monoisotopic (exact) mass is 628 g/mol. The van der Waals surface area contributed by atoms with Crippen LogP contribution >= 0.6 is 0 Å². The molecular formula is C29H24F4N6O4S. The van der Waals surface area contributed by atoms with E-state index in [1.54, 1.807) is 23.1 Å². The highest BCUT2D eigenvalue weighted by Gasteiger charge is 2.44. The number of carbonyl (C=O) groups is 1. The molecule has 2 aromatic heterocycles. The molecule has 1 N–H and O–H groups in total. The molecule has 2 unspecified atom stereocenters. The Morgan fingerprint density at radius 3 is 2.32 bits per heavy atom. The quantitative estimate of drug-likeness (QED) is 0.234. The van der Waals surface area contributed by atoms with Gasteiger partial charge in [0.2, 0.25) is 5.88 Å². The van der Waals surface area contributed by atoms with Crippen LogP contribution in [0.4, 0.5) is 29.1 Å². The number of pyridine rings is 1. The van der Waals surface area contributed by atoms with Crippen LogP contribution in [0.5, 0.6) is 5.88 Å². The van der Waals surface area contributed by atoms with Gasteiger partial charge >= 0.3 is 0 Å². The second-order valence-electron chi connectivity index (χ2n) is 10.4. The number of hydrogen-bond donors (Lipinski definition) is 1. The molecule has 0 saturated carbocycles. The third kappa shape index (κ3) is 5.16. The smallest absolute Gasteiger partial charge is 0.282 e. The minimum absolute atomic E-state index is 0.177. The number of fused-ring (bicyclic) bond motifs is 3. The third-order valence-corrected chi connectivity index (χ3v) is 9.13. The van der Waals surface area contributed by atoms with Crippen LogP contribution in [0.25, 0.3) is 22.0 Å². The molecule has 2 bridgehead atoms. The number of anilines is 2. The first-order chi connectivity index (χ1) is 21.0. The largest absolute Gasteiger partial charge is 0.480 e. The van der Waals surface area contributed by atoms with Crippen LogP contribution in [0.1, 0.15) is 12.8 Å². The third-order valence-electron chi connectivity index (χ3n) is 7.72. The highest BCUT2D eigenvalue weighted by Crippen LogP contribution is 2.37. The maximum atomic E-state index is 14.3. The number of halogens is 4. The van der Waals surface area contributed by atoms with Crippen LogP contribution in [0.2, 0.25) is 0 Å². The number of hydrogen-bond acceptors (Lipinski definition) is 8. The minimum atomic E-state index is -4.87. The van der Waals surface area contributed by atoms with Crippen LogP contribution < -0.4 is 14.4 Å². The normalized spacial score (nSPS) is 18.0. The Morgan fingerprint density at radius 1 is 1.00 bits per heavy atom. The zero-order chi connectivity index (χ0) is 31.3. The lowest BCUT2D eigenvalue weighted by Gasteiger charge is -2.41. The van der Waals surface area contributed by atoms with Crippen molar-refractivity contribution >= 4 is 38.3 Å². The molecule has 2 aliphatic heterocycles. The Labute approximate surface area is 249 Å². The molecule has 2 saturated heterocycles. The van der Waals surface area contributed by atoms with Crippen LogP contribution in [0, 0.1) is 17.5 Å². The fourth-order valence-electron chi connectivity index (χ4n) is 5.85. The van der Waals surface area contributed by atoms with E-state index < -0.39 is 44.1 Å². The predicted octanol–water partition coefficient (Wildman–Crippen LogP) is 4.58. The summed E-state index contributed by atoms with van der Waals surface area (Å²) < 4.78 is 88.9. The molecule has 1 amide bonds.